The van der Waals surface area contributed by atoms with E-state index in [2.05, 4.69) is 0 Å². The quantitative estimate of drug-likeness (QED) is 0.706. The molecule has 1 aliphatic heterocycles. The van der Waals surface area contributed by atoms with Gasteiger partial charge in [0.25, 0.3) is 0 Å². The van der Waals surface area contributed by atoms with Gasteiger partial charge in [-0.25, -0.2) is 4.79 Å². The number of aliphatic hydroxyl groups excluding tert-OH is 1. The maximum atomic E-state index is 12.5. The van der Waals surface area contributed by atoms with E-state index in [0.29, 0.717) is 19.6 Å². The standard InChI is InChI=1S/C13H24N2O5/c1-20-9-7-14(10-12(17)18)13(19)15-6-3-2-4-11(15)5-8-16/h11,16H,2-10H2,1H3,(H,17,18). The Morgan fingerprint density at radius 3 is 2.75 bits per heavy atom. The van der Waals surface area contributed by atoms with Crippen molar-refractivity contribution >= 4 is 12.0 Å². The second-order valence-corrected chi connectivity index (χ2v) is 4.95. The van der Waals surface area contributed by atoms with Gasteiger partial charge in [-0.3, -0.25) is 4.79 Å². The molecule has 1 saturated heterocycles. The van der Waals surface area contributed by atoms with Crippen molar-refractivity contribution in [1.82, 2.24) is 9.80 Å². The first-order valence-corrected chi connectivity index (χ1v) is 6.97. The molecule has 2 amide bonds. The molecular weight excluding hydrogens is 264 g/mol. The van der Waals surface area contributed by atoms with E-state index in [1.807, 2.05) is 0 Å². The summed E-state index contributed by atoms with van der Waals surface area (Å²) in [5.74, 6) is -1.04. The van der Waals surface area contributed by atoms with Gasteiger partial charge < -0.3 is 24.7 Å². The molecule has 0 aromatic rings. The molecule has 0 spiro atoms. The van der Waals surface area contributed by atoms with Crippen LogP contribution in [0.2, 0.25) is 0 Å². The van der Waals surface area contributed by atoms with Crippen LogP contribution in [-0.2, 0) is 9.53 Å². The Kier molecular flexibility index (Phi) is 7.32. The van der Waals surface area contributed by atoms with Gasteiger partial charge in [0.1, 0.15) is 6.54 Å². The molecule has 7 heteroatoms. The number of hydrogen-bond donors (Lipinski definition) is 2. The van der Waals surface area contributed by atoms with E-state index >= 15 is 0 Å². The number of rotatable bonds is 7. The number of nitrogens with zero attached hydrogens (tertiary/aromatic N) is 2. The average Bonchev–Trinajstić information content (AvgIpc) is 2.43. The largest absolute Gasteiger partial charge is 0.480 e. The summed E-state index contributed by atoms with van der Waals surface area (Å²) in [5.41, 5.74) is 0. The highest BCUT2D eigenvalue weighted by atomic mass is 16.5. The minimum Gasteiger partial charge on any atom is -0.480 e. The number of aliphatic carboxylic acids is 1. The van der Waals surface area contributed by atoms with E-state index in [-0.39, 0.29) is 31.8 Å². The second-order valence-electron chi connectivity index (χ2n) is 4.95. The first-order valence-electron chi connectivity index (χ1n) is 6.97. The number of carbonyl (C=O) groups excluding carboxylic acids is 1. The van der Waals surface area contributed by atoms with Gasteiger partial charge in [0.2, 0.25) is 0 Å². The number of urea groups is 1. The van der Waals surface area contributed by atoms with Crippen molar-refractivity contribution in [1.29, 1.82) is 0 Å². The number of amides is 2. The summed E-state index contributed by atoms with van der Waals surface area (Å²) in [6.07, 6.45) is 3.35. The minimum absolute atomic E-state index is 0.0000831. The van der Waals surface area contributed by atoms with Crippen molar-refractivity contribution in [3.8, 4) is 0 Å². The molecule has 116 valence electrons. The van der Waals surface area contributed by atoms with Crippen LogP contribution in [-0.4, -0.2) is 78.0 Å². The van der Waals surface area contributed by atoms with Gasteiger partial charge in [0.05, 0.1) is 6.61 Å². The Morgan fingerprint density at radius 2 is 2.15 bits per heavy atom. The van der Waals surface area contributed by atoms with Crippen LogP contribution < -0.4 is 0 Å². The third-order valence-electron chi connectivity index (χ3n) is 3.50. The average molecular weight is 288 g/mol. The summed E-state index contributed by atoms with van der Waals surface area (Å²) < 4.78 is 4.92. The molecular formula is C13H24N2O5. The smallest absolute Gasteiger partial charge is 0.323 e. The number of ether oxygens (including phenoxy) is 1. The number of methoxy groups -OCH3 is 1. The molecule has 1 rings (SSSR count). The van der Waals surface area contributed by atoms with Crippen LogP contribution in [0.1, 0.15) is 25.7 Å². The fourth-order valence-corrected chi connectivity index (χ4v) is 2.49. The maximum Gasteiger partial charge on any atom is 0.323 e. The molecule has 1 fully saturated rings. The second kappa shape index (κ2) is 8.76. The number of carbonyl (C=O) groups is 2. The van der Waals surface area contributed by atoms with Crippen molar-refractivity contribution in [3.05, 3.63) is 0 Å². The SMILES string of the molecule is COCCN(CC(=O)O)C(=O)N1CCCCC1CCO. The highest BCUT2D eigenvalue weighted by molar-refractivity contribution is 5.80. The molecule has 1 atom stereocenters. The first-order chi connectivity index (χ1) is 9.60. The molecule has 0 aliphatic carbocycles. The van der Waals surface area contributed by atoms with Crippen molar-refractivity contribution < 1.29 is 24.5 Å². The van der Waals surface area contributed by atoms with E-state index < -0.39 is 5.97 Å². The van der Waals surface area contributed by atoms with Gasteiger partial charge in [-0.05, 0) is 25.7 Å². The lowest BCUT2D eigenvalue weighted by Crippen LogP contribution is -2.52. The van der Waals surface area contributed by atoms with E-state index in [0.717, 1.165) is 19.3 Å². The zero-order valence-electron chi connectivity index (χ0n) is 12.0. The van der Waals surface area contributed by atoms with E-state index in [9.17, 15) is 9.59 Å². The van der Waals surface area contributed by atoms with Crippen molar-refractivity contribution in [2.75, 3.05) is 40.0 Å². The lowest BCUT2D eigenvalue weighted by atomic mass is 10.00. The van der Waals surface area contributed by atoms with Crippen LogP contribution in [0.5, 0.6) is 0 Å². The number of carboxylic acid groups (broad SMARTS) is 1. The molecule has 1 unspecified atom stereocenters. The highest BCUT2D eigenvalue weighted by Gasteiger charge is 2.30. The van der Waals surface area contributed by atoms with Gasteiger partial charge in [0, 0.05) is 32.8 Å². The number of carboxylic acids is 1. The summed E-state index contributed by atoms with van der Waals surface area (Å²) in [6.45, 7) is 0.879. The number of piperidine rings is 1. The van der Waals surface area contributed by atoms with Gasteiger partial charge in [-0.2, -0.15) is 0 Å². The van der Waals surface area contributed by atoms with Crippen molar-refractivity contribution in [2.24, 2.45) is 0 Å². The predicted molar refractivity (Wildman–Crippen MR) is 72.5 cm³/mol. The van der Waals surface area contributed by atoms with Crippen LogP contribution in [0.4, 0.5) is 4.79 Å². The zero-order valence-corrected chi connectivity index (χ0v) is 12.0. The van der Waals surface area contributed by atoms with Gasteiger partial charge in [-0.15, -0.1) is 0 Å². The first kappa shape index (κ1) is 16.7. The topological polar surface area (TPSA) is 90.3 Å². The molecule has 0 aromatic carbocycles. The number of likely N-dealkylation sites (tertiary alicyclic amines) is 1. The predicted octanol–water partition coefficient (Wildman–Crippen LogP) is 0.376. The number of hydrogen-bond acceptors (Lipinski definition) is 4. The fraction of sp³-hybridized carbons (Fsp3) is 0.846. The third kappa shape index (κ3) is 4.97. The van der Waals surface area contributed by atoms with Crippen LogP contribution in [0, 0.1) is 0 Å². The van der Waals surface area contributed by atoms with Crippen molar-refractivity contribution in [3.63, 3.8) is 0 Å². The summed E-state index contributed by atoms with van der Waals surface area (Å²) in [7, 11) is 1.51. The lowest BCUT2D eigenvalue weighted by molar-refractivity contribution is -0.137. The molecule has 1 aliphatic rings. The number of aliphatic hydroxyl groups is 1. The van der Waals surface area contributed by atoms with Crippen LogP contribution in [0.3, 0.4) is 0 Å². The van der Waals surface area contributed by atoms with Gasteiger partial charge in [-0.1, -0.05) is 0 Å². The monoisotopic (exact) mass is 288 g/mol. The fourth-order valence-electron chi connectivity index (χ4n) is 2.49. The molecule has 0 bridgehead atoms. The van der Waals surface area contributed by atoms with Crippen molar-refractivity contribution in [2.45, 2.75) is 31.7 Å². The molecule has 7 nitrogen and oxygen atoms in total. The lowest BCUT2D eigenvalue weighted by Gasteiger charge is -2.38. The molecule has 0 aromatic heterocycles. The minimum atomic E-state index is -1.04. The van der Waals surface area contributed by atoms with Crippen LogP contribution >= 0.6 is 0 Å². The van der Waals surface area contributed by atoms with E-state index in [1.165, 1.54) is 12.0 Å². The normalized spacial score (nSPS) is 18.9. The summed E-state index contributed by atoms with van der Waals surface area (Å²) in [5, 5.41) is 18.0. The molecule has 20 heavy (non-hydrogen) atoms. The van der Waals surface area contributed by atoms with E-state index in [1.54, 1.807) is 4.90 Å². The Bertz CT molecular complexity index is 322. The summed E-state index contributed by atoms with van der Waals surface area (Å²) in [4.78, 5) is 26.3. The van der Waals surface area contributed by atoms with Gasteiger partial charge >= 0.3 is 12.0 Å². The summed E-state index contributed by atoms with van der Waals surface area (Å²) >= 11 is 0. The molecule has 2 N–H and O–H groups in total. The Hall–Kier alpha value is -1.34. The highest BCUT2D eigenvalue weighted by Crippen LogP contribution is 2.21. The van der Waals surface area contributed by atoms with Crippen LogP contribution in [0.25, 0.3) is 0 Å². The van der Waals surface area contributed by atoms with E-state index in [4.69, 9.17) is 14.9 Å². The molecule has 0 radical (unpaired) electrons. The summed E-state index contributed by atoms with van der Waals surface area (Å²) in [6, 6.07) is -0.275. The Morgan fingerprint density at radius 1 is 1.40 bits per heavy atom. The molecule has 0 saturated carbocycles. The Balaban J connectivity index is 2.71. The zero-order chi connectivity index (χ0) is 15.0. The maximum absolute atomic E-state index is 12.5. The van der Waals surface area contributed by atoms with Crippen LogP contribution in [0.15, 0.2) is 0 Å². The molecule has 1 heterocycles. The van der Waals surface area contributed by atoms with Gasteiger partial charge in [0.15, 0.2) is 0 Å². The Labute approximate surface area is 119 Å². The third-order valence-corrected chi connectivity index (χ3v) is 3.50.